The lowest BCUT2D eigenvalue weighted by Gasteiger charge is -2.32. The third-order valence-corrected chi connectivity index (χ3v) is 4.66. The van der Waals surface area contributed by atoms with Gasteiger partial charge in [-0.15, -0.1) is 0 Å². The third-order valence-electron chi connectivity index (χ3n) is 4.35. The summed E-state index contributed by atoms with van der Waals surface area (Å²) in [6, 6.07) is 5.08. The molecule has 1 aliphatic rings. The van der Waals surface area contributed by atoms with E-state index < -0.39 is 0 Å². The molecule has 1 saturated heterocycles. The number of hydrogen-bond acceptors (Lipinski definition) is 2. The molecule has 3 nitrogen and oxygen atoms in total. The summed E-state index contributed by atoms with van der Waals surface area (Å²) in [6.45, 7) is 5.88. The Bertz CT molecular complexity index is 641. The molecule has 2 heterocycles. The van der Waals surface area contributed by atoms with Gasteiger partial charge < -0.3 is 4.57 Å². The van der Waals surface area contributed by atoms with Crippen LogP contribution in [-0.4, -0.2) is 27.5 Å². The second-order valence-corrected chi connectivity index (χ2v) is 6.30. The summed E-state index contributed by atoms with van der Waals surface area (Å²) >= 11 is 5.75. The number of hydrogen-bond donors (Lipinski definition) is 0. The molecule has 0 spiro atoms. The van der Waals surface area contributed by atoms with E-state index in [-0.39, 0.29) is 10.8 Å². The molecule has 0 saturated carbocycles. The molecule has 0 N–H and O–H groups in total. The fraction of sp³-hybridized carbons (Fsp3) is 0.471. The van der Waals surface area contributed by atoms with Gasteiger partial charge in [0.25, 0.3) is 0 Å². The number of imidazole rings is 1. The van der Waals surface area contributed by atoms with Gasteiger partial charge in [-0.3, -0.25) is 4.90 Å². The first kappa shape index (κ1) is 15.5. The molecular formula is C17H21ClFN3. The summed E-state index contributed by atoms with van der Waals surface area (Å²) in [6.07, 6.45) is 6.25. The van der Waals surface area contributed by atoms with E-state index in [2.05, 4.69) is 21.4 Å². The van der Waals surface area contributed by atoms with Crippen molar-refractivity contribution >= 4 is 11.6 Å². The zero-order valence-corrected chi connectivity index (χ0v) is 13.6. The smallest absolute Gasteiger partial charge is 0.142 e. The Morgan fingerprint density at radius 2 is 2.27 bits per heavy atom. The SMILES string of the molecule is CCn1ccnc1[C@@H]1CCCN(Cc2ccc(Cl)c(F)c2)C1. The van der Waals surface area contributed by atoms with Crippen LogP contribution in [0.5, 0.6) is 0 Å². The van der Waals surface area contributed by atoms with Gasteiger partial charge in [-0.1, -0.05) is 17.7 Å². The van der Waals surface area contributed by atoms with E-state index in [1.807, 2.05) is 18.5 Å². The summed E-state index contributed by atoms with van der Waals surface area (Å²) < 4.78 is 15.8. The average Bonchev–Trinajstić information content (AvgIpc) is 3.00. The van der Waals surface area contributed by atoms with Crippen LogP contribution in [0.4, 0.5) is 4.39 Å². The van der Waals surface area contributed by atoms with Crippen molar-refractivity contribution in [1.82, 2.24) is 14.5 Å². The zero-order valence-electron chi connectivity index (χ0n) is 12.8. The Hall–Kier alpha value is -1.39. The average molecular weight is 322 g/mol. The molecule has 5 heteroatoms. The van der Waals surface area contributed by atoms with Gasteiger partial charge in [0.15, 0.2) is 0 Å². The minimum atomic E-state index is -0.339. The monoisotopic (exact) mass is 321 g/mol. The molecule has 1 aliphatic heterocycles. The molecule has 0 radical (unpaired) electrons. The predicted octanol–water partition coefficient (Wildman–Crippen LogP) is 4.08. The molecule has 0 aliphatic carbocycles. The molecule has 0 unspecified atom stereocenters. The van der Waals surface area contributed by atoms with Crippen LogP contribution in [0, 0.1) is 5.82 Å². The van der Waals surface area contributed by atoms with Crippen LogP contribution >= 0.6 is 11.6 Å². The molecule has 118 valence electrons. The van der Waals surface area contributed by atoms with Crippen LogP contribution < -0.4 is 0 Å². The molecule has 1 fully saturated rings. The van der Waals surface area contributed by atoms with Crippen LogP contribution in [-0.2, 0) is 13.1 Å². The van der Waals surface area contributed by atoms with Crippen molar-refractivity contribution in [2.45, 2.75) is 38.8 Å². The van der Waals surface area contributed by atoms with Gasteiger partial charge in [0.1, 0.15) is 11.6 Å². The van der Waals surface area contributed by atoms with Gasteiger partial charge in [-0.25, -0.2) is 9.37 Å². The van der Waals surface area contributed by atoms with Gasteiger partial charge in [-0.2, -0.15) is 0 Å². The maximum Gasteiger partial charge on any atom is 0.142 e. The zero-order chi connectivity index (χ0) is 15.5. The van der Waals surface area contributed by atoms with Crippen LogP contribution in [0.3, 0.4) is 0 Å². The van der Waals surface area contributed by atoms with Gasteiger partial charge in [0.2, 0.25) is 0 Å². The van der Waals surface area contributed by atoms with Crippen molar-refractivity contribution in [3.05, 3.63) is 52.8 Å². The van der Waals surface area contributed by atoms with Gasteiger partial charge in [0, 0.05) is 37.9 Å². The number of benzene rings is 1. The van der Waals surface area contributed by atoms with E-state index in [9.17, 15) is 4.39 Å². The van der Waals surface area contributed by atoms with E-state index in [0.29, 0.717) is 5.92 Å². The minimum absolute atomic E-state index is 0.185. The lowest BCUT2D eigenvalue weighted by molar-refractivity contribution is 0.194. The van der Waals surface area contributed by atoms with Crippen molar-refractivity contribution in [1.29, 1.82) is 0 Å². The number of halogens is 2. The number of nitrogens with zero attached hydrogens (tertiary/aromatic N) is 3. The largest absolute Gasteiger partial charge is 0.335 e. The van der Waals surface area contributed by atoms with Crippen molar-refractivity contribution in [3.63, 3.8) is 0 Å². The van der Waals surface area contributed by atoms with Crippen LogP contribution in [0.1, 0.15) is 37.1 Å². The normalized spacial score (nSPS) is 19.5. The molecule has 1 atom stereocenters. The van der Waals surface area contributed by atoms with E-state index in [0.717, 1.165) is 38.2 Å². The Labute approximate surface area is 135 Å². The Morgan fingerprint density at radius 3 is 3.05 bits per heavy atom. The molecule has 2 aromatic rings. The van der Waals surface area contributed by atoms with Crippen molar-refractivity contribution in [2.75, 3.05) is 13.1 Å². The second-order valence-electron chi connectivity index (χ2n) is 5.89. The standard InChI is InChI=1S/C17H21ClFN3/c1-2-22-9-7-20-17(22)14-4-3-8-21(12-14)11-13-5-6-15(18)16(19)10-13/h5-7,9-10,14H,2-4,8,11-12H2,1H3/t14-/m1/s1. The highest BCUT2D eigenvalue weighted by Crippen LogP contribution is 2.27. The lowest BCUT2D eigenvalue weighted by Crippen LogP contribution is -2.34. The fourth-order valence-corrected chi connectivity index (χ4v) is 3.37. The molecule has 0 amide bonds. The first-order valence-corrected chi connectivity index (χ1v) is 8.22. The molecule has 1 aromatic heterocycles. The van der Waals surface area contributed by atoms with Gasteiger partial charge in [-0.05, 0) is 44.0 Å². The van der Waals surface area contributed by atoms with Gasteiger partial charge in [0.05, 0.1) is 5.02 Å². The third kappa shape index (κ3) is 3.33. The maximum absolute atomic E-state index is 13.6. The number of piperidine rings is 1. The number of rotatable bonds is 4. The topological polar surface area (TPSA) is 21.1 Å². The Balaban J connectivity index is 1.69. The summed E-state index contributed by atoms with van der Waals surface area (Å²) in [7, 11) is 0. The van der Waals surface area contributed by atoms with Crippen molar-refractivity contribution in [3.8, 4) is 0 Å². The maximum atomic E-state index is 13.6. The minimum Gasteiger partial charge on any atom is -0.335 e. The summed E-state index contributed by atoms with van der Waals surface area (Å²) in [5, 5.41) is 0.185. The Kier molecular flexibility index (Phi) is 4.79. The fourth-order valence-electron chi connectivity index (χ4n) is 3.25. The van der Waals surface area contributed by atoms with E-state index in [4.69, 9.17) is 11.6 Å². The number of likely N-dealkylation sites (tertiary alicyclic amines) is 1. The van der Waals surface area contributed by atoms with E-state index in [1.165, 1.54) is 12.2 Å². The van der Waals surface area contributed by atoms with Crippen molar-refractivity contribution in [2.24, 2.45) is 0 Å². The van der Waals surface area contributed by atoms with E-state index >= 15 is 0 Å². The molecular weight excluding hydrogens is 301 g/mol. The molecule has 22 heavy (non-hydrogen) atoms. The Morgan fingerprint density at radius 1 is 1.41 bits per heavy atom. The van der Waals surface area contributed by atoms with Crippen LogP contribution in [0.25, 0.3) is 0 Å². The lowest BCUT2D eigenvalue weighted by atomic mass is 9.96. The second kappa shape index (κ2) is 6.80. The highest BCUT2D eigenvalue weighted by Gasteiger charge is 2.24. The van der Waals surface area contributed by atoms with Gasteiger partial charge >= 0.3 is 0 Å². The number of aromatic nitrogens is 2. The highest BCUT2D eigenvalue weighted by atomic mass is 35.5. The first-order chi connectivity index (χ1) is 10.7. The van der Waals surface area contributed by atoms with Crippen LogP contribution in [0.2, 0.25) is 5.02 Å². The quantitative estimate of drug-likeness (QED) is 0.846. The molecule has 3 rings (SSSR count). The summed E-state index contributed by atoms with van der Waals surface area (Å²) in [5.41, 5.74) is 0.974. The van der Waals surface area contributed by atoms with Crippen LogP contribution in [0.15, 0.2) is 30.6 Å². The predicted molar refractivity (Wildman–Crippen MR) is 86.6 cm³/mol. The first-order valence-electron chi connectivity index (χ1n) is 7.84. The summed E-state index contributed by atoms with van der Waals surface area (Å²) in [5.74, 6) is 1.30. The molecule has 1 aromatic carbocycles. The number of aryl methyl sites for hydroxylation is 1. The summed E-state index contributed by atoms with van der Waals surface area (Å²) in [4.78, 5) is 6.92. The highest BCUT2D eigenvalue weighted by molar-refractivity contribution is 6.30. The van der Waals surface area contributed by atoms with Crippen molar-refractivity contribution < 1.29 is 4.39 Å². The van der Waals surface area contributed by atoms with E-state index in [1.54, 1.807) is 12.1 Å². The molecule has 0 bridgehead atoms.